The molecular formula is C12H22N4. The Bertz CT molecular complexity index is 277. The summed E-state index contributed by atoms with van der Waals surface area (Å²) in [5, 5.41) is 7.64. The van der Waals surface area contributed by atoms with Crippen molar-refractivity contribution in [2.75, 3.05) is 6.54 Å². The van der Waals surface area contributed by atoms with Crippen molar-refractivity contribution in [3.8, 4) is 0 Å². The number of rotatable bonds is 6. The van der Waals surface area contributed by atoms with Gasteiger partial charge < -0.3 is 5.32 Å². The third kappa shape index (κ3) is 3.59. The number of hydrogen-bond donors (Lipinski definition) is 1. The molecule has 4 heteroatoms. The van der Waals surface area contributed by atoms with Gasteiger partial charge in [-0.1, -0.05) is 25.7 Å². The maximum atomic E-state index is 4.08. The van der Waals surface area contributed by atoms with Gasteiger partial charge in [-0.25, -0.2) is 4.98 Å². The molecule has 90 valence electrons. The molecule has 0 aromatic carbocycles. The van der Waals surface area contributed by atoms with E-state index < -0.39 is 0 Å². The first-order valence-corrected chi connectivity index (χ1v) is 6.40. The van der Waals surface area contributed by atoms with Gasteiger partial charge in [0.2, 0.25) is 0 Å². The summed E-state index contributed by atoms with van der Waals surface area (Å²) in [4.78, 5) is 3.93. The molecule has 1 atom stereocenters. The summed E-state index contributed by atoms with van der Waals surface area (Å²) in [6.07, 6.45) is 10.4. The fourth-order valence-corrected chi connectivity index (χ4v) is 2.60. The molecule has 0 amide bonds. The molecule has 0 spiro atoms. The average molecular weight is 222 g/mol. The summed E-state index contributed by atoms with van der Waals surface area (Å²) in [7, 11) is 0. The van der Waals surface area contributed by atoms with Crippen LogP contribution in [0.1, 0.15) is 39.0 Å². The van der Waals surface area contributed by atoms with Crippen LogP contribution in [0.5, 0.6) is 0 Å². The van der Waals surface area contributed by atoms with Crippen LogP contribution in [0, 0.1) is 5.92 Å². The molecule has 0 radical (unpaired) electrons. The van der Waals surface area contributed by atoms with Crippen molar-refractivity contribution in [1.29, 1.82) is 0 Å². The van der Waals surface area contributed by atoms with E-state index >= 15 is 0 Å². The minimum absolute atomic E-state index is 0.631. The Morgan fingerprint density at radius 1 is 1.44 bits per heavy atom. The van der Waals surface area contributed by atoms with Gasteiger partial charge in [-0.15, -0.1) is 0 Å². The summed E-state index contributed by atoms with van der Waals surface area (Å²) in [5.41, 5.74) is 0. The first-order valence-electron chi connectivity index (χ1n) is 6.40. The van der Waals surface area contributed by atoms with Crippen molar-refractivity contribution >= 4 is 0 Å². The molecule has 1 heterocycles. The van der Waals surface area contributed by atoms with Crippen molar-refractivity contribution in [1.82, 2.24) is 20.1 Å². The zero-order valence-electron chi connectivity index (χ0n) is 10.1. The van der Waals surface area contributed by atoms with Gasteiger partial charge in [0.05, 0.1) is 6.54 Å². The first kappa shape index (κ1) is 11.6. The van der Waals surface area contributed by atoms with Gasteiger partial charge in [0.25, 0.3) is 0 Å². The zero-order valence-corrected chi connectivity index (χ0v) is 10.1. The van der Waals surface area contributed by atoms with Crippen molar-refractivity contribution in [2.24, 2.45) is 5.92 Å². The van der Waals surface area contributed by atoms with E-state index in [9.17, 15) is 0 Å². The highest BCUT2D eigenvalue weighted by Crippen LogP contribution is 2.28. The van der Waals surface area contributed by atoms with Crippen molar-refractivity contribution in [2.45, 2.75) is 51.6 Å². The SMILES string of the molecule is CC(CC1CCCC1)NCCn1cncn1. The minimum atomic E-state index is 0.631. The van der Waals surface area contributed by atoms with Gasteiger partial charge in [0, 0.05) is 12.6 Å². The minimum Gasteiger partial charge on any atom is -0.312 e. The fourth-order valence-electron chi connectivity index (χ4n) is 2.60. The molecule has 1 aromatic rings. The van der Waals surface area contributed by atoms with Crippen LogP contribution in [0.25, 0.3) is 0 Å². The quantitative estimate of drug-likeness (QED) is 0.798. The Kier molecular flexibility index (Phi) is 4.34. The highest BCUT2D eigenvalue weighted by molar-refractivity contribution is 4.73. The van der Waals surface area contributed by atoms with Gasteiger partial charge in [-0.3, -0.25) is 4.68 Å². The van der Waals surface area contributed by atoms with E-state index in [1.165, 1.54) is 32.1 Å². The number of hydrogen-bond acceptors (Lipinski definition) is 3. The first-order chi connectivity index (χ1) is 7.84. The van der Waals surface area contributed by atoms with Gasteiger partial charge in [-0.2, -0.15) is 5.10 Å². The molecule has 2 rings (SSSR count). The summed E-state index contributed by atoms with van der Waals surface area (Å²) in [6, 6.07) is 0.631. The molecule has 1 aliphatic carbocycles. The lowest BCUT2D eigenvalue weighted by molar-refractivity contribution is 0.395. The van der Waals surface area contributed by atoms with Crippen LogP contribution in [0.3, 0.4) is 0 Å². The Labute approximate surface area is 97.5 Å². The van der Waals surface area contributed by atoms with Crippen molar-refractivity contribution in [3.63, 3.8) is 0 Å². The predicted octanol–water partition coefficient (Wildman–Crippen LogP) is 1.84. The van der Waals surface area contributed by atoms with Gasteiger partial charge in [-0.05, 0) is 19.3 Å². The molecule has 1 unspecified atom stereocenters. The van der Waals surface area contributed by atoms with Crippen molar-refractivity contribution < 1.29 is 0 Å². The van der Waals surface area contributed by atoms with E-state index in [0.29, 0.717) is 6.04 Å². The Balaban J connectivity index is 1.58. The van der Waals surface area contributed by atoms with Crippen molar-refractivity contribution in [3.05, 3.63) is 12.7 Å². The lowest BCUT2D eigenvalue weighted by Gasteiger charge is -2.17. The number of aromatic nitrogens is 3. The molecule has 0 aliphatic heterocycles. The van der Waals surface area contributed by atoms with E-state index in [4.69, 9.17) is 0 Å². The van der Waals surface area contributed by atoms with Crippen LogP contribution in [0.15, 0.2) is 12.7 Å². The summed E-state index contributed by atoms with van der Waals surface area (Å²) in [6.45, 7) is 4.19. The highest BCUT2D eigenvalue weighted by atomic mass is 15.3. The summed E-state index contributed by atoms with van der Waals surface area (Å²) in [5.74, 6) is 0.967. The third-order valence-electron chi connectivity index (χ3n) is 3.46. The van der Waals surface area contributed by atoms with Gasteiger partial charge in [0.1, 0.15) is 12.7 Å². The predicted molar refractivity (Wildman–Crippen MR) is 64.1 cm³/mol. The monoisotopic (exact) mass is 222 g/mol. The normalized spacial score (nSPS) is 19.1. The molecule has 0 saturated heterocycles. The van der Waals surface area contributed by atoms with E-state index in [1.54, 1.807) is 12.7 Å². The fraction of sp³-hybridized carbons (Fsp3) is 0.833. The second-order valence-electron chi connectivity index (χ2n) is 4.90. The number of nitrogens with zero attached hydrogens (tertiary/aromatic N) is 3. The van der Waals surface area contributed by atoms with Gasteiger partial charge in [0.15, 0.2) is 0 Å². The molecule has 1 aromatic heterocycles. The van der Waals surface area contributed by atoms with Crippen LogP contribution >= 0.6 is 0 Å². The van der Waals surface area contributed by atoms with E-state index in [-0.39, 0.29) is 0 Å². The second-order valence-corrected chi connectivity index (χ2v) is 4.90. The molecular weight excluding hydrogens is 200 g/mol. The molecule has 1 saturated carbocycles. The summed E-state index contributed by atoms with van der Waals surface area (Å²) < 4.78 is 1.87. The third-order valence-corrected chi connectivity index (χ3v) is 3.46. The van der Waals surface area contributed by atoms with E-state index in [0.717, 1.165) is 19.0 Å². The second kappa shape index (κ2) is 5.99. The maximum absolute atomic E-state index is 4.08. The molecule has 0 bridgehead atoms. The topological polar surface area (TPSA) is 42.7 Å². The molecule has 4 nitrogen and oxygen atoms in total. The van der Waals surface area contributed by atoms with E-state index in [1.807, 2.05) is 4.68 Å². The van der Waals surface area contributed by atoms with Crippen LogP contribution < -0.4 is 5.32 Å². The Hall–Kier alpha value is -0.900. The lowest BCUT2D eigenvalue weighted by Crippen LogP contribution is -2.31. The largest absolute Gasteiger partial charge is 0.312 e. The van der Waals surface area contributed by atoms with Crippen LogP contribution in [0.2, 0.25) is 0 Å². The standard InChI is InChI=1S/C12H22N4/c1-11(8-12-4-2-3-5-12)14-6-7-16-10-13-9-15-16/h9-12,14H,2-8H2,1H3. The Morgan fingerprint density at radius 2 is 2.25 bits per heavy atom. The van der Waals surface area contributed by atoms with Crippen LogP contribution in [-0.2, 0) is 6.54 Å². The number of nitrogens with one attached hydrogen (secondary N) is 1. The molecule has 1 N–H and O–H groups in total. The Morgan fingerprint density at radius 3 is 2.94 bits per heavy atom. The van der Waals surface area contributed by atoms with Crippen LogP contribution in [0.4, 0.5) is 0 Å². The lowest BCUT2D eigenvalue weighted by atomic mass is 9.99. The maximum Gasteiger partial charge on any atom is 0.137 e. The average Bonchev–Trinajstić information content (AvgIpc) is 2.90. The zero-order chi connectivity index (χ0) is 11.2. The summed E-state index contributed by atoms with van der Waals surface area (Å²) >= 11 is 0. The molecule has 16 heavy (non-hydrogen) atoms. The highest BCUT2D eigenvalue weighted by Gasteiger charge is 2.17. The van der Waals surface area contributed by atoms with Crippen LogP contribution in [-0.4, -0.2) is 27.4 Å². The van der Waals surface area contributed by atoms with Gasteiger partial charge >= 0.3 is 0 Å². The smallest absolute Gasteiger partial charge is 0.137 e. The molecule has 1 aliphatic rings. The van der Waals surface area contributed by atoms with E-state index in [2.05, 4.69) is 22.3 Å². The molecule has 1 fully saturated rings.